The average Bonchev–Trinajstić information content (AvgIpc) is 3.12. The minimum absolute atomic E-state index is 0.0389. The second-order valence-electron chi connectivity index (χ2n) is 8.90. The van der Waals surface area contributed by atoms with Gasteiger partial charge in [-0.2, -0.15) is 13.2 Å². The maximum Gasteiger partial charge on any atom is 0.418 e. The summed E-state index contributed by atoms with van der Waals surface area (Å²) in [6, 6.07) is 20.1. The molecule has 3 aromatic rings. The highest BCUT2D eigenvalue weighted by atomic mass is 19.4. The SMILES string of the molecule is C=CC1(C)c2ccccc2N2c3cccc(C(F)(F)F)c3N(c3ccccc3C)C2C1C. The summed E-state index contributed by atoms with van der Waals surface area (Å²) in [7, 11) is 0. The van der Waals surface area contributed by atoms with Crippen LogP contribution in [0.15, 0.2) is 79.4 Å². The number of para-hydroxylation sites is 3. The molecule has 32 heavy (non-hydrogen) atoms. The van der Waals surface area contributed by atoms with Crippen molar-refractivity contribution in [2.75, 3.05) is 9.80 Å². The number of halogens is 3. The van der Waals surface area contributed by atoms with Crippen molar-refractivity contribution in [3.63, 3.8) is 0 Å². The lowest BCUT2D eigenvalue weighted by Crippen LogP contribution is -2.54. The molecule has 3 aromatic carbocycles. The zero-order valence-corrected chi connectivity index (χ0v) is 18.3. The molecule has 2 heterocycles. The van der Waals surface area contributed by atoms with E-state index >= 15 is 0 Å². The third kappa shape index (κ3) is 2.66. The van der Waals surface area contributed by atoms with Gasteiger partial charge < -0.3 is 9.80 Å². The largest absolute Gasteiger partial charge is 0.418 e. The van der Waals surface area contributed by atoms with E-state index < -0.39 is 17.2 Å². The molecule has 0 saturated carbocycles. The van der Waals surface area contributed by atoms with Crippen LogP contribution < -0.4 is 9.80 Å². The molecule has 0 spiro atoms. The fourth-order valence-electron chi connectivity index (χ4n) is 5.40. The number of fused-ring (bicyclic) bond motifs is 5. The molecule has 0 bridgehead atoms. The molecule has 0 N–H and O–H groups in total. The monoisotopic (exact) mass is 434 g/mol. The third-order valence-electron chi connectivity index (χ3n) is 7.29. The van der Waals surface area contributed by atoms with E-state index in [1.807, 2.05) is 60.4 Å². The van der Waals surface area contributed by atoms with Crippen molar-refractivity contribution in [2.45, 2.75) is 38.5 Å². The van der Waals surface area contributed by atoms with Crippen molar-refractivity contribution < 1.29 is 13.2 Å². The summed E-state index contributed by atoms with van der Waals surface area (Å²) in [5, 5.41) is 0. The molecule has 5 heteroatoms. The number of nitrogens with zero attached hydrogens (tertiary/aromatic N) is 2. The summed E-state index contributed by atoms with van der Waals surface area (Å²) in [6.45, 7) is 10.3. The Labute approximate surface area is 186 Å². The summed E-state index contributed by atoms with van der Waals surface area (Å²) in [4.78, 5) is 3.98. The van der Waals surface area contributed by atoms with Crippen molar-refractivity contribution in [2.24, 2.45) is 5.92 Å². The number of alkyl halides is 3. The first-order valence-electron chi connectivity index (χ1n) is 10.8. The van der Waals surface area contributed by atoms with Gasteiger partial charge in [-0.3, -0.25) is 0 Å². The predicted molar refractivity (Wildman–Crippen MR) is 124 cm³/mol. The van der Waals surface area contributed by atoms with Crippen LogP contribution in [0.3, 0.4) is 0 Å². The topological polar surface area (TPSA) is 6.48 Å². The third-order valence-corrected chi connectivity index (χ3v) is 7.29. The standard InChI is InChI=1S/C27H25F3N2/c1-5-26(4)18(3)25-31(22-15-9-7-12-19(22)26)23-16-10-13-20(27(28,29)30)24(23)32(25)21-14-8-6-11-17(21)2/h5-16,18,25H,1H2,2-4H3. The number of rotatable bonds is 2. The van der Waals surface area contributed by atoms with Crippen molar-refractivity contribution in [3.05, 3.63) is 96.1 Å². The summed E-state index contributed by atoms with van der Waals surface area (Å²) in [5.41, 5.74) is 3.51. The Bertz CT molecular complexity index is 1220. The molecule has 0 amide bonds. The molecule has 2 aliphatic heterocycles. The van der Waals surface area contributed by atoms with E-state index in [-0.39, 0.29) is 17.8 Å². The van der Waals surface area contributed by atoms with E-state index in [1.165, 1.54) is 12.1 Å². The average molecular weight is 435 g/mol. The van der Waals surface area contributed by atoms with E-state index in [2.05, 4.69) is 31.4 Å². The molecule has 0 fully saturated rings. The van der Waals surface area contributed by atoms with Gasteiger partial charge >= 0.3 is 6.18 Å². The first-order chi connectivity index (χ1) is 15.2. The number of allylic oxidation sites excluding steroid dienone is 1. The van der Waals surface area contributed by atoms with Crippen LogP contribution in [0.25, 0.3) is 0 Å². The highest BCUT2D eigenvalue weighted by Crippen LogP contribution is 2.60. The lowest BCUT2D eigenvalue weighted by Gasteiger charge is -2.50. The minimum atomic E-state index is -4.47. The van der Waals surface area contributed by atoms with Crippen LogP contribution in [0.4, 0.5) is 35.9 Å². The molecule has 3 unspecified atom stereocenters. The number of hydrogen-bond donors (Lipinski definition) is 0. The van der Waals surface area contributed by atoms with Gasteiger partial charge in [0.05, 0.1) is 16.9 Å². The van der Waals surface area contributed by atoms with Gasteiger partial charge in [-0.1, -0.05) is 62.4 Å². The lowest BCUT2D eigenvalue weighted by molar-refractivity contribution is -0.137. The molecule has 164 valence electrons. The van der Waals surface area contributed by atoms with Crippen molar-refractivity contribution in [1.29, 1.82) is 0 Å². The molecule has 5 rings (SSSR count). The Kier molecular flexibility index (Phi) is 4.45. The van der Waals surface area contributed by atoms with E-state index in [1.54, 1.807) is 6.07 Å². The van der Waals surface area contributed by atoms with Gasteiger partial charge in [0.25, 0.3) is 0 Å². The van der Waals surface area contributed by atoms with Crippen LogP contribution in [-0.4, -0.2) is 6.17 Å². The van der Waals surface area contributed by atoms with Crippen LogP contribution in [0.5, 0.6) is 0 Å². The Morgan fingerprint density at radius 1 is 0.875 bits per heavy atom. The molecule has 2 nitrogen and oxygen atoms in total. The summed E-state index contributed by atoms with van der Waals surface area (Å²) < 4.78 is 42.8. The molecule has 3 atom stereocenters. The van der Waals surface area contributed by atoms with Crippen molar-refractivity contribution >= 4 is 22.7 Å². The first-order valence-corrected chi connectivity index (χ1v) is 10.8. The Hall–Kier alpha value is -3.21. The second-order valence-corrected chi connectivity index (χ2v) is 8.90. The van der Waals surface area contributed by atoms with Gasteiger partial charge in [0.2, 0.25) is 0 Å². The van der Waals surface area contributed by atoms with E-state index in [9.17, 15) is 13.2 Å². The van der Waals surface area contributed by atoms with Gasteiger partial charge in [-0.25, -0.2) is 0 Å². The van der Waals surface area contributed by atoms with Crippen LogP contribution in [0, 0.1) is 12.8 Å². The summed E-state index contributed by atoms with van der Waals surface area (Å²) in [6.07, 6.45) is -2.85. The van der Waals surface area contributed by atoms with Gasteiger partial charge in [-0.15, -0.1) is 6.58 Å². The zero-order chi connectivity index (χ0) is 22.8. The lowest BCUT2D eigenvalue weighted by atomic mass is 9.67. The minimum Gasteiger partial charge on any atom is -0.318 e. The maximum atomic E-state index is 14.3. The number of benzene rings is 3. The fourth-order valence-corrected chi connectivity index (χ4v) is 5.40. The van der Waals surface area contributed by atoms with E-state index in [0.29, 0.717) is 5.69 Å². The molecule has 0 saturated heterocycles. The van der Waals surface area contributed by atoms with Gasteiger partial charge in [0.15, 0.2) is 0 Å². The van der Waals surface area contributed by atoms with Crippen LogP contribution in [0.2, 0.25) is 0 Å². The number of aryl methyl sites for hydroxylation is 1. The van der Waals surface area contributed by atoms with E-state index in [0.717, 1.165) is 22.5 Å². The quantitative estimate of drug-likeness (QED) is 0.381. The highest BCUT2D eigenvalue weighted by Gasteiger charge is 2.54. The fraction of sp³-hybridized carbons (Fsp3) is 0.259. The number of anilines is 4. The summed E-state index contributed by atoms with van der Waals surface area (Å²) >= 11 is 0. The van der Waals surface area contributed by atoms with Gasteiger partial charge in [-0.05, 0) is 42.3 Å². The Morgan fingerprint density at radius 3 is 2.16 bits per heavy atom. The normalized spacial score (nSPS) is 24.1. The van der Waals surface area contributed by atoms with Gasteiger partial charge in [0, 0.05) is 22.7 Å². The molecular weight excluding hydrogens is 409 g/mol. The van der Waals surface area contributed by atoms with Crippen LogP contribution >= 0.6 is 0 Å². The Balaban J connectivity index is 1.88. The maximum absolute atomic E-state index is 14.3. The predicted octanol–water partition coefficient (Wildman–Crippen LogP) is 7.72. The molecular formula is C27H25F3N2. The van der Waals surface area contributed by atoms with Crippen LogP contribution in [-0.2, 0) is 11.6 Å². The smallest absolute Gasteiger partial charge is 0.318 e. The van der Waals surface area contributed by atoms with Crippen molar-refractivity contribution in [3.8, 4) is 0 Å². The molecule has 0 aromatic heterocycles. The number of hydrogen-bond acceptors (Lipinski definition) is 2. The molecule has 2 aliphatic rings. The first kappa shape index (κ1) is 20.7. The highest BCUT2D eigenvalue weighted by molar-refractivity contribution is 5.93. The Morgan fingerprint density at radius 2 is 1.50 bits per heavy atom. The zero-order valence-electron chi connectivity index (χ0n) is 18.3. The molecule has 0 aliphatic carbocycles. The molecule has 0 radical (unpaired) electrons. The van der Waals surface area contributed by atoms with Gasteiger partial charge in [0.1, 0.15) is 6.17 Å². The second kappa shape index (κ2) is 6.89. The summed E-state index contributed by atoms with van der Waals surface area (Å²) in [5.74, 6) is -0.0389. The van der Waals surface area contributed by atoms with E-state index in [4.69, 9.17) is 0 Å². The van der Waals surface area contributed by atoms with Crippen LogP contribution in [0.1, 0.15) is 30.5 Å². The van der Waals surface area contributed by atoms with Crippen molar-refractivity contribution in [1.82, 2.24) is 0 Å².